The van der Waals surface area contributed by atoms with Crippen molar-refractivity contribution >= 4 is 0 Å². The van der Waals surface area contributed by atoms with Crippen LogP contribution in [-0.4, -0.2) is 21.7 Å². The van der Waals surface area contributed by atoms with Crippen LogP contribution in [0.1, 0.15) is 55.6 Å². The van der Waals surface area contributed by atoms with Gasteiger partial charge in [-0.25, -0.2) is 4.98 Å². The van der Waals surface area contributed by atoms with Gasteiger partial charge < -0.3 is 5.73 Å². The molecule has 0 amide bonds. The van der Waals surface area contributed by atoms with E-state index in [0.717, 1.165) is 18.2 Å². The first-order chi connectivity index (χ1) is 7.38. The first-order valence-corrected chi connectivity index (χ1v) is 6.00. The molecule has 0 radical (unpaired) electrons. The minimum atomic E-state index is 0.537. The molecule has 0 spiro atoms. The number of hydrogen-bond acceptors (Lipinski definition) is 3. The van der Waals surface area contributed by atoms with Gasteiger partial charge in [-0.3, -0.25) is 5.10 Å². The fraction of sp³-hybridized carbons (Fsp3) is 0.818. The van der Waals surface area contributed by atoms with Crippen LogP contribution in [0.5, 0.6) is 0 Å². The molecule has 2 saturated carbocycles. The summed E-state index contributed by atoms with van der Waals surface area (Å²) in [5.74, 6) is 3.92. The number of nitrogens with zero attached hydrogens (tertiary/aromatic N) is 2. The molecule has 4 nitrogen and oxygen atoms in total. The Bertz CT molecular complexity index is 342. The van der Waals surface area contributed by atoms with Gasteiger partial charge in [-0.1, -0.05) is 6.42 Å². The second kappa shape index (κ2) is 3.59. The van der Waals surface area contributed by atoms with Crippen LogP contribution < -0.4 is 5.73 Å². The Kier molecular flexibility index (Phi) is 2.24. The van der Waals surface area contributed by atoms with Gasteiger partial charge >= 0.3 is 0 Å². The number of nitrogens with two attached hydrogens (primary N) is 1. The van der Waals surface area contributed by atoms with E-state index in [1.165, 1.54) is 32.1 Å². The van der Waals surface area contributed by atoms with Crippen LogP contribution in [0.2, 0.25) is 0 Å². The normalized spacial score (nSPS) is 31.0. The molecule has 0 bridgehead atoms. The van der Waals surface area contributed by atoms with Gasteiger partial charge in [-0.15, -0.1) is 0 Å². The van der Waals surface area contributed by atoms with Crippen LogP contribution in [0, 0.1) is 5.92 Å². The minimum Gasteiger partial charge on any atom is -0.330 e. The molecule has 1 aromatic heterocycles. The van der Waals surface area contributed by atoms with E-state index in [2.05, 4.69) is 15.2 Å². The molecule has 4 heteroatoms. The number of H-pyrrole nitrogens is 1. The summed E-state index contributed by atoms with van der Waals surface area (Å²) < 4.78 is 0. The van der Waals surface area contributed by atoms with Crippen molar-refractivity contribution in [2.45, 2.75) is 43.9 Å². The van der Waals surface area contributed by atoms with Gasteiger partial charge in [0, 0.05) is 11.8 Å². The molecule has 2 aliphatic carbocycles. The summed E-state index contributed by atoms with van der Waals surface area (Å²) in [6, 6.07) is 0. The number of aromatic amines is 1. The molecular formula is C11H18N4. The Labute approximate surface area is 89.7 Å². The van der Waals surface area contributed by atoms with Crippen LogP contribution in [0.15, 0.2) is 0 Å². The van der Waals surface area contributed by atoms with E-state index in [1.54, 1.807) is 0 Å². The maximum absolute atomic E-state index is 5.78. The van der Waals surface area contributed by atoms with Crippen molar-refractivity contribution in [2.75, 3.05) is 6.54 Å². The monoisotopic (exact) mass is 206 g/mol. The maximum Gasteiger partial charge on any atom is 0.153 e. The molecule has 0 saturated heterocycles. The summed E-state index contributed by atoms with van der Waals surface area (Å²) in [5, 5.41) is 7.43. The quantitative estimate of drug-likeness (QED) is 0.788. The number of rotatable bonds is 3. The average molecular weight is 206 g/mol. The topological polar surface area (TPSA) is 67.6 Å². The Morgan fingerprint density at radius 2 is 2.13 bits per heavy atom. The zero-order valence-corrected chi connectivity index (χ0v) is 8.95. The lowest BCUT2D eigenvalue weighted by atomic mass is 9.96. The highest BCUT2D eigenvalue weighted by Gasteiger charge is 2.32. The predicted octanol–water partition coefficient (Wildman–Crippen LogP) is 1.52. The smallest absolute Gasteiger partial charge is 0.153 e. The van der Waals surface area contributed by atoms with Crippen LogP contribution in [-0.2, 0) is 0 Å². The first kappa shape index (κ1) is 9.33. The summed E-state index contributed by atoms with van der Waals surface area (Å²) in [6.07, 6.45) is 6.29. The molecule has 0 aliphatic heterocycles. The molecule has 1 heterocycles. The summed E-state index contributed by atoms with van der Waals surface area (Å²) in [6.45, 7) is 0.782. The Hall–Kier alpha value is -0.900. The third-order valence-electron chi connectivity index (χ3n) is 3.78. The number of aromatic nitrogens is 3. The zero-order chi connectivity index (χ0) is 10.3. The fourth-order valence-corrected chi connectivity index (χ4v) is 2.66. The van der Waals surface area contributed by atoms with Crippen molar-refractivity contribution in [2.24, 2.45) is 11.7 Å². The van der Waals surface area contributed by atoms with Crippen LogP contribution in [0.4, 0.5) is 0 Å². The molecule has 82 valence electrons. The van der Waals surface area contributed by atoms with Gasteiger partial charge in [-0.05, 0) is 38.1 Å². The van der Waals surface area contributed by atoms with Gasteiger partial charge in [-0.2, -0.15) is 5.10 Å². The van der Waals surface area contributed by atoms with Crippen LogP contribution in [0.3, 0.4) is 0 Å². The molecule has 15 heavy (non-hydrogen) atoms. The summed E-state index contributed by atoms with van der Waals surface area (Å²) in [4.78, 5) is 4.63. The lowest BCUT2D eigenvalue weighted by Crippen LogP contribution is -2.18. The second-order valence-electron chi connectivity index (χ2n) is 4.89. The van der Waals surface area contributed by atoms with Crippen molar-refractivity contribution in [1.29, 1.82) is 0 Å². The largest absolute Gasteiger partial charge is 0.330 e. The van der Waals surface area contributed by atoms with Crippen LogP contribution >= 0.6 is 0 Å². The Morgan fingerprint density at radius 3 is 2.87 bits per heavy atom. The van der Waals surface area contributed by atoms with E-state index in [9.17, 15) is 0 Å². The van der Waals surface area contributed by atoms with Gasteiger partial charge in [0.05, 0.1) is 0 Å². The summed E-state index contributed by atoms with van der Waals surface area (Å²) >= 11 is 0. The van der Waals surface area contributed by atoms with Gasteiger partial charge in [0.2, 0.25) is 0 Å². The van der Waals surface area contributed by atoms with Gasteiger partial charge in [0.15, 0.2) is 5.82 Å². The summed E-state index contributed by atoms with van der Waals surface area (Å²) in [7, 11) is 0. The van der Waals surface area contributed by atoms with E-state index >= 15 is 0 Å². The summed E-state index contributed by atoms with van der Waals surface area (Å²) in [5.41, 5.74) is 5.78. The third kappa shape index (κ3) is 1.67. The zero-order valence-electron chi connectivity index (χ0n) is 8.95. The minimum absolute atomic E-state index is 0.537. The fourth-order valence-electron chi connectivity index (χ4n) is 2.66. The molecule has 3 N–H and O–H groups in total. The van der Waals surface area contributed by atoms with E-state index in [0.29, 0.717) is 17.8 Å². The second-order valence-corrected chi connectivity index (χ2v) is 4.89. The first-order valence-electron chi connectivity index (χ1n) is 6.00. The lowest BCUT2D eigenvalue weighted by molar-refractivity contribution is 0.478. The van der Waals surface area contributed by atoms with Crippen molar-refractivity contribution in [3.05, 3.63) is 11.6 Å². The molecule has 2 fully saturated rings. The Balaban J connectivity index is 1.78. The predicted molar refractivity (Wildman–Crippen MR) is 57.5 cm³/mol. The highest BCUT2D eigenvalue weighted by atomic mass is 15.2. The van der Waals surface area contributed by atoms with Crippen molar-refractivity contribution in [1.82, 2.24) is 15.2 Å². The van der Waals surface area contributed by atoms with Gasteiger partial charge in [0.25, 0.3) is 0 Å². The van der Waals surface area contributed by atoms with E-state index < -0.39 is 0 Å². The molecule has 2 aliphatic rings. The Morgan fingerprint density at radius 1 is 1.27 bits per heavy atom. The molecule has 3 rings (SSSR count). The average Bonchev–Trinajstić information content (AvgIpc) is 2.83. The molecule has 2 atom stereocenters. The van der Waals surface area contributed by atoms with Crippen molar-refractivity contribution in [3.63, 3.8) is 0 Å². The van der Waals surface area contributed by atoms with E-state index in [4.69, 9.17) is 5.73 Å². The van der Waals surface area contributed by atoms with Gasteiger partial charge in [0.1, 0.15) is 5.82 Å². The molecule has 0 aromatic carbocycles. The van der Waals surface area contributed by atoms with E-state index in [-0.39, 0.29) is 0 Å². The standard InChI is InChI=1S/C11H18N4/c12-6-8-2-1-3-9(8)11-13-10(14-15-11)7-4-5-7/h7-9H,1-6,12H2,(H,13,14,15). The maximum atomic E-state index is 5.78. The SMILES string of the molecule is NCC1CCCC1c1nc(C2CC2)n[nH]1. The van der Waals surface area contributed by atoms with Crippen LogP contribution in [0.25, 0.3) is 0 Å². The highest BCUT2D eigenvalue weighted by molar-refractivity contribution is 5.09. The number of hydrogen-bond donors (Lipinski definition) is 2. The molecule has 1 aromatic rings. The third-order valence-corrected chi connectivity index (χ3v) is 3.78. The van der Waals surface area contributed by atoms with Crippen molar-refractivity contribution in [3.8, 4) is 0 Å². The molecule has 2 unspecified atom stereocenters. The lowest BCUT2D eigenvalue weighted by Gasteiger charge is -2.14. The highest BCUT2D eigenvalue weighted by Crippen LogP contribution is 2.41. The number of nitrogens with one attached hydrogen (secondary N) is 1. The van der Waals surface area contributed by atoms with Crippen molar-refractivity contribution < 1.29 is 0 Å². The molecular weight excluding hydrogens is 188 g/mol. The van der Waals surface area contributed by atoms with E-state index in [1.807, 2.05) is 0 Å².